The highest BCUT2D eigenvalue weighted by Crippen LogP contribution is 2.27. The van der Waals surface area contributed by atoms with E-state index in [2.05, 4.69) is 0 Å². The highest BCUT2D eigenvalue weighted by molar-refractivity contribution is 8.03. The molecule has 1 aromatic carbocycles. The van der Waals surface area contributed by atoms with Crippen LogP contribution in [0.3, 0.4) is 0 Å². The SMILES string of the molecule is N#CSC[C@@H](O)COc1ccc(Cl)cc1Cl. The number of ether oxygens (including phenoxy) is 1. The van der Waals surface area contributed by atoms with Crippen LogP contribution in [0.2, 0.25) is 10.0 Å². The normalized spacial score (nSPS) is 11.9. The van der Waals surface area contributed by atoms with Crippen LogP contribution < -0.4 is 4.74 Å². The van der Waals surface area contributed by atoms with Crippen LogP contribution >= 0.6 is 35.0 Å². The van der Waals surface area contributed by atoms with E-state index in [-0.39, 0.29) is 6.61 Å². The molecule has 1 atom stereocenters. The second-order valence-corrected chi connectivity index (χ2v) is 4.59. The third-order valence-corrected chi connectivity index (χ3v) is 2.88. The largest absolute Gasteiger partial charge is 0.489 e. The van der Waals surface area contributed by atoms with Gasteiger partial charge in [-0.2, -0.15) is 5.26 Å². The van der Waals surface area contributed by atoms with Crippen molar-refractivity contribution in [1.29, 1.82) is 5.26 Å². The van der Waals surface area contributed by atoms with Gasteiger partial charge in [-0.25, -0.2) is 0 Å². The highest BCUT2D eigenvalue weighted by Gasteiger charge is 2.07. The first-order valence-electron chi connectivity index (χ1n) is 4.40. The Balaban J connectivity index is 2.45. The van der Waals surface area contributed by atoms with Crippen molar-refractivity contribution in [2.24, 2.45) is 0 Å². The van der Waals surface area contributed by atoms with Crippen molar-refractivity contribution in [3.8, 4) is 11.2 Å². The molecule has 1 N–H and O–H groups in total. The third kappa shape index (κ3) is 4.50. The number of hydrogen-bond acceptors (Lipinski definition) is 4. The molecule has 0 radical (unpaired) electrons. The monoisotopic (exact) mass is 277 g/mol. The zero-order valence-electron chi connectivity index (χ0n) is 8.19. The summed E-state index contributed by atoms with van der Waals surface area (Å²) in [6.45, 7) is 0.0933. The lowest BCUT2D eigenvalue weighted by atomic mass is 10.3. The molecule has 1 aromatic rings. The number of thiocyanates is 1. The second-order valence-electron chi connectivity index (χ2n) is 2.94. The fourth-order valence-electron chi connectivity index (χ4n) is 0.960. The first kappa shape index (κ1) is 13.5. The summed E-state index contributed by atoms with van der Waals surface area (Å²) < 4.78 is 5.29. The molecule has 0 aliphatic carbocycles. The molecule has 0 saturated heterocycles. The maximum atomic E-state index is 9.42. The van der Waals surface area contributed by atoms with Gasteiger partial charge < -0.3 is 9.84 Å². The number of hydrogen-bond donors (Lipinski definition) is 1. The number of aliphatic hydroxyl groups is 1. The molecule has 0 aromatic heterocycles. The molecule has 1 rings (SSSR count). The van der Waals surface area contributed by atoms with Crippen molar-refractivity contribution < 1.29 is 9.84 Å². The number of benzene rings is 1. The molecule has 86 valence electrons. The topological polar surface area (TPSA) is 53.2 Å². The van der Waals surface area contributed by atoms with E-state index >= 15 is 0 Å². The van der Waals surface area contributed by atoms with Gasteiger partial charge >= 0.3 is 0 Å². The Morgan fingerprint density at radius 3 is 2.88 bits per heavy atom. The fourth-order valence-corrected chi connectivity index (χ4v) is 1.79. The van der Waals surface area contributed by atoms with Gasteiger partial charge in [-0.05, 0) is 30.0 Å². The minimum atomic E-state index is -0.698. The Kier molecular flexibility index (Phi) is 5.78. The summed E-state index contributed by atoms with van der Waals surface area (Å²) >= 11 is 12.6. The average molecular weight is 278 g/mol. The van der Waals surface area contributed by atoms with E-state index in [1.54, 1.807) is 18.2 Å². The number of rotatable bonds is 5. The molecule has 0 fully saturated rings. The first-order chi connectivity index (χ1) is 7.63. The van der Waals surface area contributed by atoms with E-state index < -0.39 is 6.10 Å². The van der Waals surface area contributed by atoms with Crippen molar-refractivity contribution >= 4 is 35.0 Å². The molecule has 0 aliphatic rings. The van der Waals surface area contributed by atoms with E-state index in [4.69, 9.17) is 33.2 Å². The lowest BCUT2D eigenvalue weighted by Crippen LogP contribution is -2.19. The standard InChI is InChI=1S/C10H9Cl2NO2S/c11-7-1-2-10(9(12)3-7)15-4-8(14)5-16-6-13/h1-3,8,14H,4-5H2/t8-/m0/s1. The Labute approximate surface area is 108 Å². The van der Waals surface area contributed by atoms with Crippen LogP contribution in [0.5, 0.6) is 5.75 Å². The third-order valence-electron chi connectivity index (χ3n) is 1.67. The zero-order valence-corrected chi connectivity index (χ0v) is 10.5. The molecule has 0 heterocycles. The molecular formula is C10H9Cl2NO2S. The van der Waals surface area contributed by atoms with Gasteiger partial charge in [0.25, 0.3) is 0 Å². The summed E-state index contributed by atoms with van der Waals surface area (Å²) in [5, 5.41) is 20.5. The van der Waals surface area contributed by atoms with Gasteiger partial charge in [0.05, 0.1) is 11.1 Å². The second kappa shape index (κ2) is 6.87. The summed E-state index contributed by atoms with van der Waals surface area (Å²) in [6.07, 6.45) is -0.698. The van der Waals surface area contributed by atoms with E-state index in [1.807, 2.05) is 5.40 Å². The lowest BCUT2D eigenvalue weighted by Gasteiger charge is -2.11. The van der Waals surface area contributed by atoms with Gasteiger partial charge in [-0.15, -0.1) is 0 Å². The van der Waals surface area contributed by atoms with Crippen molar-refractivity contribution in [3.63, 3.8) is 0 Å². The Morgan fingerprint density at radius 2 is 2.25 bits per heavy atom. The number of aliphatic hydroxyl groups excluding tert-OH is 1. The van der Waals surface area contributed by atoms with Crippen LogP contribution in [-0.2, 0) is 0 Å². The summed E-state index contributed by atoms with van der Waals surface area (Å²) in [4.78, 5) is 0. The first-order valence-corrected chi connectivity index (χ1v) is 6.14. The predicted octanol–water partition coefficient (Wildman–Crippen LogP) is 2.95. The molecule has 0 saturated carbocycles. The summed E-state index contributed by atoms with van der Waals surface area (Å²) in [6, 6.07) is 4.85. The Morgan fingerprint density at radius 1 is 1.50 bits per heavy atom. The van der Waals surface area contributed by atoms with Gasteiger partial charge in [0, 0.05) is 10.8 Å². The minimum absolute atomic E-state index is 0.0933. The maximum Gasteiger partial charge on any atom is 0.138 e. The zero-order chi connectivity index (χ0) is 12.0. The fraction of sp³-hybridized carbons (Fsp3) is 0.300. The van der Waals surface area contributed by atoms with Gasteiger partial charge in [0.2, 0.25) is 0 Å². The molecule has 3 nitrogen and oxygen atoms in total. The smallest absolute Gasteiger partial charge is 0.138 e. The van der Waals surface area contributed by atoms with Crippen molar-refractivity contribution in [2.45, 2.75) is 6.10 Å². The molecular weight excluding hydrogens is 269 g/mol. The molecule has 0 bridgehead atoms. The molecule has 16 heavy (non-hydrogen) atoms. The average Bonchev–Trinajstić information content (AvgIpc) is 2.25. The quantitative estimate of drug-likeness (QED) is 0.841. The molecule has 0 spiro atoms. The van der Waals surface area contributed by atoms with Gasteiger partial charge in [-0.1, -0.05) is 23.2 Å². The molecule has 0 unspecified atom stereocenters. The van der Waals surface area contributed by atoms with E-state index in [0.29, 0.717) is 21.5 Å². The Hall–Kier alpha value is -0.600. The number of nitriles is 1. The maximum absolute atomic E-state index is 9.42. The van der Waals surface area contributed by atoms with E-state index in [9.17, 15) is 5.11 Å². The van der Waals surface area contributed by atoms with Crippen molar-refractivity contribution in [1.82, 2.24) is 0 Å². The van der Waals surface area contributed by atoms with Crippen LogP contribution in [0.15, 0.2) is 18.2 Å². The van der Waals surface area contributed by atoms with Crippen LogP contribution in [0.25, 0.3) is 0 Å². The van der Waals surface area contributed by atoms with Crippen LogP contribution in [0.1, 0.15) is 0 Å². The van der Waals surface area contributed by atoms with Crippen LogP contribution in [0, 0.1) is 10.7 Å². The van der Waals surface area contributed by atoms with Gasteiger partial charge in [-0.3, -0.25) is 0 Å². The summed E-state index contributed by atoms with van der Waals surface area (Å²) in [7, 11) is 0. The lowest BCUT2D eigenvalue weighted by molar-refractivity contribution is 0.126. The summed E-state index contributed by atoms with van der Waals surface area (Å²) in [5.41, 5.74) is 0. The van der Waals surface area contributed by atoms with Gasteiger partial charge in [0.1, 0.15) is 17.8 Å². The van der Waals surface area contributed by atoms with Crippen LogP contribution in [0.4, 0.5) is 0 Å². The Bertz CT molecular complexity index is 395. The van der Waals surface area contributed by atoms with Crippen molar-refractivity contribution in [3.05, 3.63) is 28.2 Å². The predicted molar refractivity (Wildman–Crippen MR) is 66.0 cm³/mol. The number of nitrogens with zero attached hydrogens (tertiary/aromatic N) is 1. The van der Waals surface area contributed by atoms with Crippen molar-refractivity contribution in [2.75, 3.05) is 12.4 Å². The number of thioether (sulfide) groups is 1. The highest BCUT2D eigenvalue weighted by atomic mass is 35.5. The van der Waals surface area contributed by atoms with Crippen LogP contribution in [-0.4, -0.2) is 23.6 Å². The van der Waals surface area contributed by atoms with E-state index in [0.717, 1.165) is 11.8 Å². The summed E-state index contributed by atoms with van der Waals surface area (Å²) in [5.74, 6) is 0.772. The number of halogens is 2. The molecule has 0 aliphatic heterocycles. The molecule has 0 amide bonds. The molecule has 6 heteroatoms. The van der Waals surface area contributed by atoms with Gasteiger partial charge in [0.15, 0.2) is 0 Å². The minimum Gasteiger partial charge on any atom is -0.489 e. The van der Waals surface area contributed by atoms with E-state index in [1.165, 1.54) is 0 Å².